The molecule has 13 heteroatoms. The van der Waals surface area contributed by atoms with E-state index >= 15 is 0 Å². The molecular formula is C52H84FeN2O10. The van der Waals surface area contributed by atoms with E-state index in [-0.39, 0.29) is 112 Å². The molecule has 12 nitrogen and oxygen atoms in total. The maximum absolute atomic E-state index is 12.9. The first kappa shape index (κ1) is 52.9. The average Bonchev–Trinajstić information content (AvgIpc) is 3.81. The molecule has 0 bridgehead atoms. The molecule has 0 radical (unpaired) electrons. The predicted molar refractivity (Wildman–Crippen MR) is 238 cm³/mol. The third-order valence-corrected chi connectivity index (χ3v) is 22.1. The van der Waals surface area contributed by atoms with Gasteiger partial charge in [0.2, 0.25) is 0 Å². The molecule has 8 rings (SSSR count). The second-order valence-electron chi connectivity index (χ2n) is 24.1. The van der Waals surface area contributed by atoms with Crippen LogP contribution in [0.5, 0.6) is 0 Å². The van der Waals surface area contributed by atoms with Gasteiger partial charge in [0.15, 0.2) is 0 Å². The number of carbonyl (C=O) groups excluding carboxylic acids is 4. The quantitative estimate of drug-likeness (QED) is 0.153. The predicted octanol–water partition coefficient (Wildman–Crippen LogP) is 3.79. The zero-order valence-electron chi connectivity index (χ0n) is 40.3. The van der Waals surface area contributed by atoms with Crippen LogP contribution in [0.25, 0.3) is 0 Å². The molecule has 0 aromatic rings. The minimum Gasteiger partial charge on any atom is -0.550 e. The number of aliphatic hydroxyl groups is 4. The summed E-state index contributed by atoms with van der Waals surface area (Å²) in [6.45, 7) is 13.3. The molecule has 0 spiro atoms. The monoisotopic (exact) mass is 953 g/mol. The van der Waals surface area contributed by atoms with Crippen LogP contribution >= 0.6 is 0 Å². The fourth-order valence-corrected chi connectivity index (χ4v) is 18.9. The first-order valence-electron chi connectivity index (χ1n) is 25.7. The number of nitrogens with two attached hydrogens (primary N) is 2. The van der Waals surface area contributed by atoms with Gasteiger partial charge < -0.3 is 51.7 Å². The van der Waals surface area contributed by atoms with Crippen LogP contribution in [0.4, 0.5) is 0 Å². The number of ketones is 2. The standard InChI is InChI=1S/2C26H43NO5.Fe/c2*1-14(4-9-24(31)32)18-7-8-19-17-6-5-15-10-16(28)11-21(22(29)13-27)25(15,2)20(17)12-23(30)26(18,19)3;/h2*14-21,23,28,30H,4-13,27H2,1-3H3,(H,31,32);/q;;+2/p-2/t2*14-,15-,16+,17?,18-,19?,20?,21?,23+,25+,26-;/m11./s1. The number of hydrogen-bond donors (Lipinski definition) is 6. The molecule has 0 amide bonds. The first-order chi connectivity index (χ1) is 30.1. The molecule has 8 aliphatic rings. The number of Topliss-reactive ketones (excluding diaryl/α,β-unsaturated/α-hetero) is 2. The number of carboxylic acid groups (broad SMARTS) is 2. The zero-order valence-corrected chi connectivity index (χ0v) is 41.4. The van der Waals surface area contributed by atoms with Crippen molar-refractivity contribution in [1.82, 2.24) is 0 Å². The van der Waals surface area contributed by atoms with Gasteiger partial charge in [0.1, 0.15) is 11.6 Å². The Bertz CT molecular complexity index is 1610. The molecule has 65 heavy (non-hydrogen) atoms. The van der Waals surface area contributed by atoms with E-state index in [1.165, 1.54) is 0 Å². The number of carbonyl (C=O) groups is 4. The number of rotatable bonds is 12. The summed E-state index contributed by atoms with van der Waals surface area (Å²) >= 11 is 0. The van der Waals surface area contributed by atoms with Crippen LogP contribution in [-0.2, 0) is 36.2 Å². The maximum atomic E-state index is 12.9. The summed E-state index contributed by atoms with van der Waals surface area (Å²) in [7, 11) is 0. The van der Waals surface area contributed by atoms with Crippen LogP contribution in [0.1, 0.15) is 157 Å². The summed E-state index contributed by atoms with van der Waals surface area (Å²) < 4.78 is 0. The zero-order chi connectivity index (χ0) is 46.8. The van der Waals surface area contributed by atoms with Gasteiger partial charge in [-0.25, -0.2) is 0 Å². The Morgan fingerprint density at radius 3 is 1.20 bits per heavy atom. The van der Waals surface area contributed by atoms with E-state index in [2.05, 4.69) is 41.5 Å². The summed E-state index contributed by atoms with van der Waals surface area (Å²) in [5.74, 6) is 1.57. The molecule has 8 N–H and O–H groups in total. The summed E-state index contributed by atoms with van der Waals surface area (Å²) in [5.41, 5.74) is 10.7. The van der Waals surface area contributed by atoms with E-state index in [1.54, 1.807) is 0 Å². The van der Waals surface area contributed by atoms with Crippen molar-refractivity contribution in [1.29, 1.82) is 0 Å². The van der Waals surface area contributed by atoms with E-state index in [4.69, 9.17) is 11.5 Å². The van der Waals surface area contributed by atoms with E-state index < -0.39 is 36.4 Å². The van der Waals surface area contributed by atoms with Crippen LogP contribution in [0.3, 0.4) is 0 Å². The normalized spacial score (nSPS) is 48.2. The van der Waals surface area contributed by atoms with Gasteiger partial charge >= 0.3 is 17.1 Å². The Morgan fingerprint density at radius 1 is 0.523 bits per heavy atom. The second kappa shape index (κ2) is 20.1. The van der Waals surface area contributed by atoms with Gasteiger partial charge in [-0.1, -0.05) is 41.5 Å². The average molecular weight is 953 g/mol. The second-order valence-corrected chi connectivity index (χ2v) is 24.1. The number of fused-ring (bicyclic) bond motifs is 10. The Hall–Kier alpha value is -1.44. The van der Waals surface area contributed by atoms with Gasteiger partial charge in [-0.3, -0.25) is 9.59 Å². The van der Waals surface area contributed by atoms with Gasteiger partial charge in [0, 0.05) is 23.8 Å². The van der Waals surface area contributed by atoms with Crippen molar-refractivity contribution in [2.24, 2.45) is 116 Å². The van der Waals surface area contributed by atoms with Crippen LogP contribution < -0.4 is 21.7 Å². The minimum atomic E-state index is -0.998. The van der Waals surface area contributed by atoms with Crippen molar-refractivity contribution in [3.63, 3.8) is 0 Å². The molecule has 8 saturated carbocycles. The van der Waals surface area contributed by atoms with Crippen molar-refractivity contribution in [3.8, 4) is 0 Å². The minimum absolute atomic E-state index is 0. The molecule has 0 saturated heterocycles. The third kappa shape index (κ3) is 8.90. The molecule has 8 aliphatic carbocycles. The van der Waals surface area contributed by atoms with Gasteiger partial charge in [0.05, 0.1) is 37.5 Å². The first-order valence-corrected chi connectivity index (χ1v) is 25.7. The van der Waals surface area contributed by atoms with E-state index in [0.717, 1.165) is 64.2 Å². The smallest absolute Gasteiger partial charge is 0.550 e. The van der Waals surface area contributed by atoms with Crippen molar-refractivity contribution < 1.29 is 66.9 Å². The molecule has 0 heterocycles. The number of aliphatic carboxylic acids is 2. The summed E-state index contributed by atoms with van der Waals surface area (Å²) in [6.07, 6.45) is 11.8. The molecule has 370 valence electrons. The van der Waals surface area contributed by atoms with Crippen LogP contribution in [-0.4, -0.2) is 81.4 Å². The third-order valence-electron chi connectivity index (χ3n) is 22.1. The van der Waals surface area contributed by atoms with Gasteiger partial charge in [-0.05, 0) is 208 Å². The molecule has 8 fully saturated rings. The van der Waals surface area contributed by atoms with Crippen molar-refractivity contribution in [2.45, 2.75) is 182 Å². The fourth-order valence-electron chi connectivity index (χ4n) is 18.9. The van der Waals surface area contributed by atoms with E-state index in [1.807, 2.05) is 0 Å². The molecule has 0 aromatic heterocycles. The van der Waals surface area contributed by atoms with Crippen molar-refractivity contribution >= 4 is 23.5 Å². The SMILES string of the molecule is C[C@H](CCC(=O)[O-])[C@H]1CCC2C3CC[C@@H]4C[C@H](O)CC(C(=O)CN)[C@]4(C)C3C[C@H](O)[C@@]21C.C[C@H](CCC(=O)[O-])[C@H]1CCC2C3CC[C@@H]4C[C@H](O)CC(C(=O)CN)[C@]4(C)C3C[C@H](O)[C@@]21C.[Fe+2]. The molecule has 8 unspecified atom stereocenters. The topological polar surface area (TPSA) is 247 Å². The molecule has 22 atom stereocenters. The van der Waals surface area contributed by atoms with E-state index in [0.29, 0.717) is 85.9 Å². The number of aliphatic hydroxyl groups excluding tert-OH is 4. The van der Waals surface area contributed by atoms with Crippen molar-refractivity contribution in [3.05, 3.63) is 0 Å². The van der Waals surface area contributed by atoms with Crippen molar-refractivity contribution in [2.75, 3.05) is 13.1 Å². The fraction of sp³-hybridized carbons (Fsp3) is 0.923. The number of hydrogen-bond acceptors (Lipinski definition) is 12. The van der Waals surface area contributed by atoms with Crippen LogP contribution in [0.2, 0.25) is 0 Å². The Kier molecular flexibility index (Phi) is 16.4. The molecule has 0 aliphatic heterocycles. The number of carboxylic acids is 2. The molecular weight excluding hydrogens is 868 g/mol. The summed E-state index contributed by atoms with van der Waals surface area (Å²) in [6, 6.07) is 0. The summed E-state index contributed by atoms with van der Waals surface area (Å²) in [5, 5.41) is 66.3. The van der Waals surface area contributed by atoms with Gasteiger partial charge in [0.25, 0.3) is 0 Å². The van der Waals surface area contributed by atoms with Crippen LogP contribution in [0, 0.1) is 105 Å². The van der Waals surface area contributed by atoms with Gasteiger partial charge in [-0.2, -0.15) is 0 Å². The largest absolute Gasteiger partial charge is 2.00 e. The van der Waals surface area contributed by atoms with Crippen LogP contribution in [0.15, 0.2) is 0 Å². The Labute approximate surface area is 399 Å². The Morgan fingerprint density at radius 2 is 0.877 bits per heavy atom. The Balaban J connectivity index is 0.000000212. The summed E-state index contributed by atoms with van der Waals surface area (Å²) in [4.78, 5) is 47.9. The van der Waals surface area contributed by atoms with Gasteiger partial charge in [-0.15, -0.1) is 0 Å². The molecule has 0 aromatic carbocycles. The van der Waals surface area contributed by atoms with E-state index in [9.17, 15) is 49.8 Å². The maximum Gasteiger partial charge on any atom is 2.00 e.